The Kier molecular flexibility index (Phi) is 8.15. The average molecular weight is 232 g/mol. The summed E-state index contributed by atoms with van der Waals surface area (Å²) in [7, 11) is 5.56. The first kappa shape index (κ1) is 15.3. The topological polar surface area (TPSA) is 53.0 Å². The van der Waals surface area contributed by atoms with Gasteiger partial charge in [-0.2, -0.15) is 0 Å². The van der Waals surface area contributed by atoms with Crippen LogP contribution in [0.25, 0.3) is 0 Å². The van der Waals surface area contributed by atoms with Crippen molar-refractivity contribution in [2.24, 2.45) is 0 Å². The third-order valence-electron chi connectivity index (χ3n) is 2.51. The van der Waals surface area contributed by atoms with Crippen molar-refractivity contribution in [1.29, 1.82) is 0 Å². The normalized spacial score (nSPS) is 13.4. The molecule has 0 aliphatic heterocycles. The van der Waals surface area contributed by atoms with Crippen LogP contribution in [0.2, 0.25) is 0 Å². The van der Waals surface area contributed by atoms with E-state index in [2.05, 4.69) is 4.90 Å². The van der Waals surface area contributed by atoms with Crippen LogP contribution >= 0.6 is 0 Å². The summed E-state index contributed by atoms with van der Waals surface area (Å²) in [6.45, 7) is 4.70. The van der Waals surface area contributed by atoms with E-state index >= 15 is 0 Å². The van der Waals surface area contributed by atoms with Gasteiger partial charge >= 0.3 is 5.97 Å². The van der Waals surface area contributed by atoms with Crippen LogP contribution in [0.15, 0.2) is 0 Å². The van der Waals surface area contributed by atoms with Gasteiger partial charge in [-0.3, -0.25) is 9.69 Å². The summed E-state index contributed by atoms with van der Waals surface area (Å²) in [5.74, 6) is -0.812. The maximum absolute atomic E-state index is 11.1. The number of methoxy groups -OCH3 is 1. The number of nitrogens with zero attached hydrogens (tertiary/aromatic N) is 2. The van der Waals surface area contributed by atoms with Gasteiger partial charge in [0.05, 0.1) is 6.61 Å². The van der Waals surface area contributed by atoms with Crippen LogP contribution in [-0.2, 0) is 9.53 Å². The molecule has 0 fully saturated rings. The minimum absolute atomic E-state index is 0.241. The van der Waals surface area contributed by atoms with Crippen molar-refractivity contribution in [3.05, 3.63) is 0 Å². The van der Waals surface area contributed by atoms with Gasteiger partial charge in [-0.25, -0.2) is 0 Å². The van der Waals surface area contributed by atoms with Crippen LogP contribution in [-0.4, -0.2) is 74.4 Å². The molecule has 0 aliphatic carbocycles. The van der Waals surface area contributed by atoms with Gasteiger partial charge in [0.15, 0.2) is 0 Å². The van der Waals surface area contributed by atoms with Gasteiger partial charge < -0.3 is 14.7 Å². The van der Waals surface area contributed by atoms with Crippen molar-refractivity contribution < 1.29 is 14.6 Å². The zero-order valence-electron chi connectivity index (χ0n) is 10.8. The fraction of sp³-hybridized carbons (Fsp3) is 0.909. The van der Waals surface area contributed by atoms with Crippen molar-refractivity contribution in [2.75, 3.05) is 47.4 Å². The molecular formula is C11H24N2O3. The average Bonchev–Trinajstić information content (AvgIpc) is 2.21. The SMILES string of the molecule is CCN(CCCN(C)C)C(COC)C(=O)O. The van der Waals surface area contributed by atoms with Gasteiger partial charge in [0.25, 0.3) is 0 Å². The largest absolute Gasteiger partial charge is 0.480 e. The lowest BCUT2D eigenvalue weighted by Crippen LogP contribution is -2.45. The molecule has 1 N–H and O–H groups in total. The Hall–Kier alpha value is -0.650. The second kappa shape index (κ2) is 8.50. The molecule has 0 spiro atoms. The number of carbonyl (C=O) groups is 1. The molecule has 1 unspecified atom stereocenters. The van der Waals surface area contributed by atoms with Crippen molar-refractivity contribution in [1.82, 2.24) is 9.80 Å². The number of aliphatic carboxylic acids is 1. The van der Waals surface area contributed by atoms with Crippen LogP contribution in [0, 0.1) is 0 Å². The van der Waals surface area contributed by atoms with Crippen molar-refractivity contribution >= 4 is 5.97 Å². The molecule has 0 bridgehead atoms. The lowest BCUT2D eigenvalue weighted by Gasteiger charge is -2.27. The third kappa shape index (κ3) is 6.05. The van der Waals surface area contributed by atoms with Crippen molar-refractivity contribution in [3.63, 3.8) is 0 Å². The van der Waals surface area contributed by atoms with E-state index in [0.29, 0.717) is 0 Å². The molecule has 0 heterocycles. The standard InChI is InChI=1S/C11H24N2O3/c1-5-13(8-6-7-12(2)3)10(9-16-4)11(14)15/h10H,5-9H2,1-4H3,(H,14,15). The fourth-order valence-corrected chi connectivity index (χ4v) is 1.62. The number of carboxylic acids is 1. The number of carboxylic acid groups (broad SMARTS) is 1. The van der Waals surface area contributed by atoms with Gasteiger partial charge in [0.2, 0.25) is 0 Å². The lowest BCUT2D eigenvalue weighted by atomic mass is 10.2. The Morgan fingerprint density at radius 2 is 2.00 bits per heavy atom. The van der Waals surface area contributed by atoms with Gasteiger partial charge in [-0.15, -0.1) is 0 Å². The van der Waals surface area contributed by atoms with E-state index in [1.807, 2.05) is 25.9 Å². The minimum Gasteiger partial charge on any atom is -0.480 e. The first-order valence-electron chi connectivity index (χ1n) is 5.63. The first-order chi connectivity index (χ1) is 7.52. The number of ether oxygens (including phenoxy) is 1. The molecule has 1 atom stereocenters. The minimum atomic E-state index is -0.812. The van der Waals surface area contributed by atoms with Gasteiger partial charge in [-0.1, -0.05) is 6.92 Å². The second-order valence-electron chi connectivity index (χ2n) is 4.09. The van der Waals surface area contributed by atoms with Crippen LogP contribution in [0.4, 0.5) is 0 Å². The van der Waals surface area contributed by atoms with Crippen LogP contribution in [0.3, 0.4) is 0 Å². The highest BCUT2D eigenvalue weighted by Gasteiger charge is 2.23. The third-order valence-corrected chi connectivity index (χ3v) is 2.51. The molecule has 5 heteroatoms. The smallest absolute Gasteiger partial charge is 0.323 e. The zero-order valence-corrected chi connectivity index (χ0v) is 10.8. The highest BCUT2D eigenvalue weighted by atomic mass is 16.5. The summed E-state index contributed by atoms with van der Waals surface area (Å²) in [4.78, 5) is 15.1. The molecule has 0 rings (SSSR count). The maximum Gasteiger partial charge on any atom is 0.323 e. The van der Waals surface area contributed by atoms with E-state index in [-0.39, 0.29) is 6.61 Å². The fourth-order valence-electron chi connectivity index (χ4n) is 1.62. The molecule has 0 aromatic carbocycles. The predicted octanol–water partition coefficient (Wildman–Crippen LogP) is 0.360. The number of hydrogen-bond donors (Lipinski definition) is 1. The summed E-state index contributed by atoms with van der Waals surface area (Å²) in [6.07, 6.45) is 0.967. The van der Waals surface area contributed by atoms with Crippen LogP contribution in [0.1, 0.15) is 13.3 Å². The van der Waals surface area contributed by atoms with E-state index in [1.54, 1.807) is 0 Å². The number of hydrogen-bond acceptors (Lipinski definition) is 4. The van der Waals surface area contributed by atoms with Crippen LogP contribution < -0.4 is 0 Å². The summed E-state index contributed by atoms with van der Waals surface area (Å²) < 4.78 is 4.94. The van der Waals surface area contributed by atoms with Crippen LogP contribution in [0.5, 0.6) is 0 Å². The van der Waals surface area contributed by atoms with E-state index in [9.17, 15) is 4.79 Å². The second-order valence-corrected chi connectivity index (χ2v) is 4.09. The molecule has 5 nitrogen and oxygen atoms in total. The Morgan fingerprint density at radius 1 is 1.38 bits per heavy atom. The highest BCUT2D eigenvalue weighted by molar-refractivity contribution is 5.73. The summed E-state index contributed by atoms with van der Waals surface area (Å²) in [6, 6.07) is -0.530. The summed E-state index contributed by atoms with van der Waals surface area (Å²) >= 11 is 0. The van der Waals surface area contributed by atoms with Crippen molar-refractivity contribution in [3.8, 4) is 0 Å². The zero-order chi connectivity index (χ0) is 12.6. The summed E-state index contributed by atoms with van der Waals surface area (Å²) in [5.41, 5.74) is 0. The van der Waals surface area contributed by atoms with E-state index in [0.717, 1.165) is 26.1 Å². The lowest BCUT2D eigenvalue weighted by molar-refractivity contribution is -0.145. The molecule has 0 radical (unpaired) electrons. The quantitative estimate of drug-likeness (QED) is 0.622. The molecule has 0 saturated carbocycles. The molecule has 0 aromatic rings. The maximum atomic E-state index is 11.1. The molecule has 0 saturated heterocycles. The molecule has 0 aliphatic rings. The predicted molar refractivity (Wildman–Crippen MR) is 63.7 cm³/mol. The molecule has 0 aromatic heterocycles. The van der Waals surface area contributed by atoms with E-state index in [1.165, 1.54) is 7.11 Å². The Balaban J connectivity index is 4.15. The first-order valence-corrected chi connectivity index (χ1v) is 5.63. The number of likely N-dealkylation sites (N-methyl/N-ethyl adjacent to an activating group) is 1. The van der Waals surface area contributed by atoms with E-state index < -0.39 is 12.0 Å². The summed E-state index contributed by atoms with van der Waals surface area (Å²) in [5, 5.41) is 9.08. The number of rotatable bonds is 9. The monoisotopic (exact) mass is 232 g/mol. The Labute approximate surface area is 98.0 Å². The molecule has 0 amide bonds. The molecule has 16 heavy (non-hydrogen) atoms. The Morgan fingerprint density at radius 3 is 2.38 bits per heavy atom. The van der Waals surface area contributed by atoms with Crippen molar-refractivity contribution in [2.45, 2.75) is 19.4 Å². The van der Waals surface area contributed by atoms with Gasteiger partial charge in [0, 0.05) is 13.7 Å². The van der Waals surface area contributed by atoms with E-state index in [4.69, 9.17) is 9.84 Å². The van der Waals surface area contributed by atoms with Gasteiger partial charge in [0.1, 0.15) is 6.04 Å². The Bertz CT molecular complexity index is 198. The molecule has 96 valence electrons. The van der Waals surface area contributed by atoms with Gasteiger partial charge in [-0.05, 0) is 33.6 Å². The highest BCUT2D eigenvalue weighted by Crippen LogP contribution is 2.02. The molecular weight excluding hydrogens is 208 g/mol.